The van der Waals surface area contributed by atoms with Crippen molar-refractivity contribution < 1.29 is 14.1 Å². The Bertz CT molecular complexity index is 1160. The Morgan fingerprint density at radius 3 is 2.85 bits per heavy atom. The van der Waals surface area contributed by atoms with E-state index in [0.717, 1.165) is 17.0 Å². The molecule has 34 heavy (non-hydrogen) atoms. The lowest BCUT2D eigenvalue weighted by atomic mass is 9.93. The van der Waals surface area contributed by atoms with E-state index in [1.807, 2.05) is 55.4 Å². The molecule has 3 heterocycles. The maximum absolute atomic E-state index is 12.2. The molecule has 2 aromatic rings. The van der Waals surface area contributed by atoms with Gasteiger partial charge in [-0.25, -0.2) is 4.98 Å². The number of carbonyl (C=O) groups excluding carboxylic acids is 2. The molecule has 1 unspecified atom stereocenters. The summed E-state index contributed by atoms with van der Waals surface area (Å²) in [6.07, 6.45) is 10.3. The lowest BCUT2D eigenvalue weighted by molar-refractivity contribution is -0.121. The van der Waals surface area contributed by atoms with E-state index in [4.69, 9.17) is 4.52 Å². The molecule has 11 heteroatoms. The molecule has 0 fully saturated rings. The van der Waals surface area contributed by atoms with Crippen molar-refractivity contribution in [3.05, 3.63) is 59.9 Å². The summed E-state index contributed by atoms with van der Waals surface area (Å²) in [6.45, 7) is 1.09. The van der Waals surface area contributed by atoms with Crippen LogP contribution in [0.1, 0.15) is 18.7 Å². The van der Waals surface area contributed by atoms with Crippen LogP contribution in [0.2, 0.25) is 0 Å². The number of pyridine rings is 1. The highest BCUT2D eigenvalue weighted by molar-refractivity contribution is 5.86. The molecular formula is C23H26N8O3. The zero-order valence-corrected chi connectivity index (χ0v) is 19.1. The summed E-state index contributed by atoms with van der Waals surface area (Å²) < 4.78 is 5.26. The van der Waals surface area contributed by atoms with Crippen molar-refractivity contribution in [3.8, 4) is 11.4 Å². The van der Waals surface area contributed by atoms with Gasteiger partial charge in [-0.1, -0.05) is 29.5 Å². The number of fused-ring (bicyclic) bond motifs is 1. The monoisotopic (exact) mass is 462 g/mol. The molecule has 0 spiro atoms. The Morgan fingerprint density at radius 2 is 2.06 bits per heavy atom. The van der Waals surface area contributed by atoms with E-state index < -0.39 is 0 Å². The second-order valence-electron chi connectivity index (χ2n) is 8.01. The van der Waals surface area contributed by atoms with Crippen molar-refractivity contribution >= 4 is 17.6 Å². The van der Waals surface area contributed by atoms with Gasteiger partial charge < -0.3 is 20.1 Å². The predicted octanol–water partition coefficient (Wildman–Crippen LogP) is 2.17. The summed E-state index contributed by atoms with van der Waals surface area (Å²) in [4.78, 5) is 34.6. The fourth-order valence-electron chi connectivity index (χ4n) is 3.43. The molecule has 11 nitrogen and oxygen atoms in total. The average Bonchev–Trinajstić information content (AvgIpc) is 3.33. The predicted molar refractivity (Wildman–Crippen MR) is 124 cm³/mol. The first-order valence-corrected chi connectivity index (χ1v) is 11.0. The van der Waals surface area contributed by atoms with Crippen LogP contribution < -0.4 is 15.5 Å². The van der Waals surface area contributed by atoms with Crippen molar-refractivity contribution in [2.24, 2.45) is 16.1 Å². The third-order valence-corrected chi connectivity index (χ3v) is 5.28. The SMILES string of the molecule is CN(C)c1ccc(-c2noc(CCC(=O)NCCCNC3=C4C=CC=CC4C(=O)N=N3)n2)cn1. The van der Waals surface area contributed by atoms with Crippen LogP contribution in [0.4, 0.5) is 5.82 Å². The highest BCUT2D eigenvalue weighted by atomic mass is 16.5. The topological polar surface area (TPSA) is 138 Å². The molecule has 1 aliphatic heterocycles. The van der Waals surface area contributed by atoms with E-state index in [-0.39, 0.29) is 24.2 Å². The summed E-state index contributed by atoms with van der Waals surface area (Å²) in [7, 11) is 3.84. The third-order valence-electron chi connectivity index (χ3n) is 5.28. The van der Waals surface area contributed by atoms with Gasteiger partial charge in [-0.05, 0) is 18.6 Å². The number of azo groups is 1. The molecule has 0 aromatic carbocycles. The molecule has 2 aromatic heterocycles. The van der Waals surface area contributed by atoms with Crippen molar-refractivity contribution in [1.29, 1.82) is 0 Å². The summed E-state index contributed by atoms with van der Waals surface area (Å²) in [6, 6.07) is 3.76. The maximum Gasteiger partial charge on any atom is 0.276 e. The van der Waals surface area contributed by atoms with E-state index in [0.29, 0.717) is 43.5 Å². The number of allylic oxidation sites excluding steroid dienone is 3. The first-order valence-electron chi connectivity index (χ1n) is 11.0. The fraction of sp³-hybridized carbons (Fsp3) is 0.348. The number of aryl methyl sites for hydroxylation is 1. The number of rotatable bonds is 10. The maximum atomic E-state index is 12.2. The number of hydrogen-bond acceptors (Lipinski definition) is 9. The van der Waals surface area contributed by atoms with Crippen LogP contribution in [0.3, 0.4) is 0 Å². The van der Waals surface area contributed by atoms with Crippen LogP contribution in [0, 0.1) is 5.92 Å². The normalized spacial score (nSPS) is 16.5. The van der Waals surface area contributed by atoms with Crippen LogP contribution >= 0.6 is 0 Å². The van der Waals surface area contributed by atoms with E-state index >= 15 is 0 Å². The highest BCUT2D eigenvalue weighted by Crippen LogP contribution is 2.27. The van der Waals surface area contributed by atoms with Gasteiger partial charge in [-0.15, -0.1) is 10.2 Å². The lowest BCUT2D eigenvalue weighted by Gasteiger charge is -2.20. The number of hydrogen-bond donors (Lipinski definition) is 2. The number of carbonyl (C=O) groups is 2. The quantitative estimate of drug-likeness (QED) is 0.513. The second-order valence-corrected chi connectivity index (χ2v) is 8.01. The van der Waals surface area contributed by atoms with Crippen molar-refractivity contribution in [2.45, 2.75) is 19.3 Å². The first kappa shape index (κ1) is 23.0. The molecule has 0 radical (unpaired) electrons. The van der Waals surface area contributed by atoms with Gasteiger partial charge in [0.1, 0.15) is 5.82 Å². The summed E-state index contributed by atoms with van der Waals surface area (Å²) >= 11 is 0. The van der Waals surface area contributed by atoms with Crippen molar-refractivity contribution in [3.63, 3.8) is 0 Å². The second kappa shape index (κ2) is 10.6. The minimum absolute atomic E-state index is 0.0952. The molecule has 1 atom stereocenters. The van der Waals surface area contributed by atoms with Gasteiger partial charge in [0.25, 0.3) is 5.91 Å². The van der Waals surface area contributed by atoms with Crippen LogP contribution in [-0.4, -0.2) is 54.1 Å². The molecular weight excluding hydrogens is 436 g/mol. The summed E-state index contributed by atoms with van der Waals surface area (Å²) in [5, 5.41) is 17.7. The number of aromatic nitrogens is 3. The van der Waals surface area contributed by atoms with Crippen LogP contribution in [-0.2, 0) is 16.0 Å². The van der Waals surface area contributed by atoms with Crippen LogP contribution in [0.5, 0.6) is 0 Å². The van der Waals surface area contributed by atoms with Gasteiger partial charge in [0.2, 0.25) is 17.6 Å². The van der Waals surface area contributed by atoms with Crippen LogP contribution in [0.15, 0.2) is 68.8 Å². The minimum atomic E-state index is -0.372. The van der Waals surface area contributed by atoms with Crippen molar-refractivity contribution in [2.75, 3.05) is 32.1 Å². The Morgan fingerprint density at radius 1 is 1.18 bits per heavy atom. The van der Waals surface area contributed by atoms with Gasteiger partial charge in [0.05, 0.1) is 5.92 Å². The van der Waals surface area contributed by atoms with E-state index in [1.54, 1.807) is 6.20 Å². The number of nitrogens with one attached hydrogen (secondary N) is 2. The molecule has 4 rings (SSSR count). The van der Waals surface area contributed by atoms with Gasteiger partial charge in [-0.3, -0.25) is 9.59 Å². The summed E-state index contributed by atoms with van der Waals surface area (Å²) in [5.74, 6) is 1.55. The summed E-state index contributed by atoms with van der Waals surface area (Å²) in [5.41, 5.74) is 1.57. The van der Waals surface area contributed by atoms with Gasteiger partial charge in [-0.2, -0.15) is 4.98 Å². The standard InChI is InChI=1S/C23H26N8O3/c1-31(2)18-9-8-15(14-26-18)21-27-20(34-30-21)11-10-19(32)24-12-5-13-25-22-16-6-3-4-7-17(16)23(33)29-28-22/h3-4,6-9,14,17,25H,5,10-13H2,1-2H3,(H,24,32). The third kappa shape index (κ3) is 5.61. The molecule has 0 bridgehead atoms. The zero-order chi connectivity index (χ0) is 23.9. The Labute approximate surface area is 196 Å². The Hall–Kier alpha value is -4.15. The highest BCUT2D eigenvalue weighted by Gasteiger charge is 2.26. The molecule has 176 valence electrons. The van der Waals surface area contributed by atoms with Gasteiger partial charge in [0, 0.05) is 57.4 Å². The molecule has 1 aliphatic carbocycles. The number of amides is 2. The lowest BCUT2D eigenvalue weighted by Crippen LogP contribution is -2.28. The van der Waals surface area contributed by atoms with Gasteiger partial charge in [0.15, 0.2) is 5.82 Å². The molecule has 2 aliphatic rings. The number of nitrogens with zero attached hydrogens (tertiary/aromatic N) is 6. The minimum Gasteiger partial charge on any atom is -0.368 e. The Balaban J connectivity index is 1.16. The molecule has 2 amide bonds. The van der Waals surface area contributed by atoms with E-state index in [1.165, 1.54) is 0 Å². The Kier molecular flexibility index (Phi) is 7.21. The van der Waals surface area contributed by atoms with E-state index in [9.17, 15) is 9.59 Å². The average molecular weight is 463 g/mol. The molecule has 2 N–H and O–H groups in total. The van der Waals surface area contributed by atoms with Crippen LogP contribution in [0.25, 0.3) is 11.4 Å². The van der Waals surface area contributed by atoms with Gasteiger partial charge >= 0.3 is 0 Å². The number of anilines is 1. The smallest absolute Gasteiger partial charge is 0.276 e. The molecule has 0 saturated carbocycles. The largest absolute Gasteiger partial charge is 0.368 e. The first-order chi connectivity index (χ1) is 16.5. The van der Waals surface area contributed by atoms with Crippen molar-refractivity contribution in [1.82, 2.24) is 25.8 Å². The fourth-order valence-corrected chi connectivity index (χ4v) is 3.43. The molecule has 0 saturated heterocycles. The zero-order valence-electron chi connectivity index (χ0n) is 19.1. The van der Waals surface area contributed by atoms with E-state index in [2.05, 4.69) is 36.0 Å².